The molecular formula is C11H15N5O2. The summed E-state index contributed by atoms with van der Waals surface area (Å²) in [5, 5.41) is 20.4. The van der Waals surface area contributed by atoms with Crippen molar-refractivity contribution in [1.29, 1.82) is 0 Å². The third-order valence-electron chi connectivity index (χ3n) is 2.63. The molecule has 0 radical (unpaired) electrons. The highest BCUT2D eigenvalue weighted by molar-refractivity contribution is 5.94. The van der Waals surface area contributed by atoms with Crippen molar-refractivity contribution in [2.45, 2.75) is 13.5 Å². The van der Waals surface area contributed by atoms with E-state index in [1.807, 2.05) is 12.3 Å². The van der Waals surface area contributed by atoms with E-state index in [1.165, 1.54) is 0 Å². The molecular weight excluding hydrogens is 234 g/mol. The van der Waals surface area contributed by atoms with Crippen molar-refractivity contribution in [3.05, 3.63) is 29.7 Å². The topological polar surface area (TPSA) is 85.0 Å². The fourth-order valence-corrected chi connectivity index (χ4v) is 1.84. The molecule has 0 fully saturated rings. The van der Waals surface area contributed by atoms with E-state index in [9.17, 15) is 4.79 Å². The van der Waals surface area contributed by atoms with E-state index in [2.05, 4.69) is 15.5 Å². The van der Waals surface area contributed by atoms with Gasteiger partial charge in [-0.05, 0) is 13.0 Å². The van der Waals surface area contributed by atoms with Gasteiger partial charge in [-0.1, -0.05) is 0 Å². The molecule has 0 atom stereocenters. The van der Waals surface area contributed by atoms with Gasteiger partial charge in [0.1, 0.15) is 11.4 Å². The summed E-state index contributed by atoms with van der Waals surface area (Å²) in [4.78, 5) is 11.1. The number of aryl methyl sites for hydroxylation is 2. The first kappa shape index (κ1) is 12.2. The lowest BCUT2D eigenvalue weighted by Crippen LogP contribution is -2.15. The SMILES string of the molecule is Cc1nn(C)c(NCCn2cccn2)c1C(=O)O. The van der Waals surface area contributed by atoms with Crippen LogP contribution in [0, 0.1) is 6.92 Å². The highest BCUT2D eigenvalue weighted by Crippen LogP contribution is 2.18. The second-order valence-electron chi connectivity index (χ2n) is 3.93. The van der Waals surface area contributed by atoms with Gasteiger partial charge in [-0.3, -0.25) is 9.36 Å². The lowest BCUT2D eigenvalue weighted by Gasteiger charge is -2.08. The molecule has 0 unspecified atom stereocenters. The third kappa shape index (κ3) is 2.34. The summed E-state index contributed by atoms with van der Waals surface area (Å²) in [6.45, 7) is 2.93. The van der Waals surface area contributed by atoms with Gasteiger partial charge < -0.3 is 10.4 Å². The Hall–Kier alpha value is -2.31. The first-order valence-electron chi connectivity index (χ1n) is 5.58. The molecule has 2 aromatic heterocycles. The first-order valence-corrected chi connectivity index (χ1v) is 5.58. The average Bonchev–Trinajstić information content (AvgIpc) is 2.87. The zero-order valence-corrected chi connectivity index (χ0v) is 10.3. The molecule has 0 bridgehead atoms. The number of rotatable bonds is 5. The van der Waals surface area contributed by atoms with Crippen LogP contribution in [-0.2, 0) is 13.6 Å². The molecule has 7 heteroatoms. The number of aromatic carboxylic acids is 1. The first-order chi connectivity index (χ1) is 8.59. The predicted octanol–water partition coefficient (Wildman–Crippen LogP) is 0.735. The van der Waals surface area contributed by atoms with Crippen LogP contribution in [0.4, 0.5) is 5.82 Å². The van der Waals surface area contributed by atoms with Gasteiger partial charge in [-0.25, -0.2) is 4.79 Å². The van der Waals surface area contributed by atoms with Crippen LogP contribution in [0.5, 0.6) is 0 Å². The monoisotopic (exact) mass is 249 g/mol. The van der Waals surface area contributed by atoms with Gasteiger partial charge in [0.2, 0.25) is 0 Å². The standard InChI is InChI=1S/C11H15N5O2/c1-8-9(11(17)18)10(15(2)14-8)12-5-7-16-6-3-4-13-16/h3-4,6,12H,5,7H2,1-2H3,(H,17,18). The Morgan fingerprint density at radius 3 is 2.94 bits per heavy atom. The molecule has 2 aromatic rings. The number of nitrogens with zero attached hydrogens (tertiary/aromatic N) is 4. The van der Waals surface area contributed by atoms with Crippen LogP contribution >= 0.6 is 0 Å². The maximum absolute atomic E-state index is 11.1. The average molecular weight is 249 g/mol. The molecule has 96 valence electrons. The number of nitrogens with one attached hydrogen (secondary N) is 1. The highest BCUT2D eigenvalue weighted by atomic mass is 16.4. The number of hydrogen-bond acceptors (Lipinski definition) is 4. The van der Waals surface area contributed by atoms with E-state index in [0.717, 1.165) is 0 Å². The Balaban J connectivity index is 2.07. The molecule has 18 heavy (non-hydrogen) atoms. The number of carboxylic acid groups (broad SMARTS) is 1. The zero-order valence-electron chi connectivity index (χ0n) is 10.3. The molecule has 2 rings (SSSR count). The summed E-state index contributed by atoms with van der Waals surface area (Å²) in [7, 11) is 1.72. The number of hydrogen-bond donors (Lipinski definition) is 2. The maximum atomic E-state index is 11.1. The normalized spacial score (nSPS) is 10.6. The molecule has 0 aliphatic heterocycles. The molecule has 0 saturated heterocycles. The lowest BCUT2D eigenvalue weighted by atomic mass is 10.2. The quantitative estimate of drug-likeness (QED) is 0.816. The Kier molecular flexibility index (Phi) is 3.31. The Labute approximate surface area is 104 Å². The molecule has 0 aromatic carbocycles. The summed E-state index contributed by atoms with van der Waals surface area (Å²) in [6, 6.07) is 1.84. The predicted molar refractivity (Wildman–Crippen MR) is 65.6 cm³/mol. The third-order valence-corrected chi connectivity index (χ3v) is 2.63. The molecule has 0 aliphatic rings. The van der Waals surface area contributed by atoms with E-state index < -0.39 is 5.97 Å². The van der Waals surface area contributed by atoms with Crippen molar-refractivity contribution < 1.29 is 9.90 Å². The van der Waals surface area contributed by atoms with Crippen molar-refractivity contribution in [3.8, 4) is 0 Å². The van der Waals surface area contributed by atoms with E-state index in [0.29, 0.717) is 24.6 Å². The molecule has 7 nitrogen and oxygen atoms in total. The molecule has 0 saturated carbocycles. The van der Waals surface area contributed by atoms with Crippen LogP contribution in [0.25, 0.3) is 0 Å². The van der Waals surface area contributed by atoms with Crippen molar-refractivity contribution in [2.75, 3.05) is 11.9 Å². The summed E-state index contributed by atoms with van der Waals surface area (Å²) in [6.07, 6.45) is 3.56. The van der Waals surface area contributed by atoms with Gasteiger partial charge >= 0.3 is 5.97 Å². The van der Waals surface area contributed by atoms with Gasteiger partial charge in [0.05, 0.1) is 12.2 Å². The second kappa shape index (κ2) is 4.91. The van der Waals surface area contributed by atoms with Crippen LogP contribution < -0.4 is 5.32 Å². The van der Waals surface area contributed by atoms with Crippen molar-refractivity contribution in [2.24, 2.45) is 7.05 Å². The summed E-state index contributed by atoms with van der Waals surface area (Å²) in [5.74, 6) is -0.450. The van der Waals surface area contributed by atoms with Crippen LogP contribution in [0.2, 0.25) is 0 Å². The van der Waals surface area contributed by atoms with Gasteiger partial charge in [0.25, 0.3) is 0 Å². The number of carboxylic acids is 1. The van der Waals surface area contributed by atoms with E-state index in [1.54, 1.807) is 29.5 Å². The number of carbonyl (C=O) groups is 1. The fraction of sp³-hybridized carbons (Fsp3) is 0.364. The van der Waals surface area contributed by atoms with E-state index >= 15 is 0 Å². The minimum absolute atomic E-state index is 0.220. The van der Waals surface area contributed by atoms with Gasteiger partial charge in [-0.15, -0.1) is 0 Å². The Bertz CT molecular complexity index is 544. The zero-order chi connectivity index (χ0) is 13.1. The summed E-state index contributed by atoms with van der Waals surface area (Å²) < 4.78 is 3.32. The van der Waals surface area contributed by atoms with Gasteiger partial charge in [0, 0.05) is 26.0 Å². The van der Waals surface area contributed by atoms with Crippen molar-refractivity contribution in [1.82, 2.24) is 19.6 Å². The highest BCUT2D eigenvalue weighted by Gasteiger charge is 2.18. The molecule has 2 N–H and O–H groups in total. The van der Waals surface area contributed by atoms with Crippen molar-refractivity contribution >= 4 is 11.8 Å². The van der Waals surface area contributed by atoms with Gasteiger partial charge in [0.15, 0.2) is 0 Å². The largest absolute Gasteiger partial charge is 0.477 e. The van der Waals surface area contributed by atoms with Crippen LogP contribution in [0.1, 0.15) is 16.1 Å². The Morgan fingerprint density at radius 1 is 1.56 bits per heavy atom. The summed E-state index contributed by atoms with van der Waals surface area (Å²) in [5.41, 5.74) is 0.726. The minimum atomic E-state index is -0.970. The molecule has 0 aliphatic carbocycles. The Morgan fingerprint density at radius 2 is 2.33 bits per heavy atom. The maximum Gasteiger partial charge on any atom is 0.341 e. The molecule has 0 spiro atoms. The number of aromatic nitrogens is 4. The van der Waals surface area contributed by atoms with Crippen LogP contribution in [0.15, 0.2) is 18.5 Å². The number of anilines is 1. The van der Waals surface area contributed by atoms with E-state index in [4.69, 9.17) is 5.11 Å². The smallest absolute Gasteiger partial charge is 0.341 e. The summed E-state index contributed by atoms with van der Waals surface area (Å²) >= 11 is 0. The second-order valence-corrected chi connectivity index (χ2v) is 3.93. The van der Waals surface area contributed by atoms with Crippen LogP contribution in [0.3, 0.4) is 0 Å². The fourth-order valence-electron chi connectivity index (χ4n) is 1.84. The minimum Gasteiger partial charge on any atom is -0.477 e. The molecule has 2 heterocycles. The van der Waals surface area contributed by atoms with E-state index in [-0.39, 0.29) is 5.56 Å². The van der Waals surface area contributed by atoms with Gasteiger partial charge in [-0.2, -0.15) is 10.2 Å². The lowest BCUT2D eigenvalue weighted by molar-refractivity contribution is 0.0697. The van der Waals surface area contributed by atoms with Crippen LogP contribution in [-0.4, -0.2) is 37.2 Å². The molecule has 0 amide bonds. The van der Waals surface area contributed by atoms with Crippen molar-refractivity contribution in [3.63, 3.8) is 0 Å².